The fourth-order valence-corrected chi connectivity index (χ4v) is 2.45. The number of hydrogen-bond acceptors (Lipinski definition) is 3. The van der Waals surface area contributed by atoms with Crippen LogP contribution in [0.25, 0.3) is 0 Å². The van der Waals surface area contributed by atoms with E-state index in [0.29, 0.717) is 11.4 Å². The van der Waals surface area contributed by atoms with Crippen LogP contribution in [0, 0.1) is 5.41 Å². The molecule has 0 unspecified atom stereocenters. The molecule has 0 saturated heterocycles. The van der Waals surface area contributed by atoms with Crippen molar-refractivity contribution < 1.29 is 13.2 Å². The number of carbonyl (C=O) groups is 1. The molecule has 0 aliphatic rings. The Bertz CT molecular complexity index is 651. The van der Waals surface area contributed by atoms with E-state index in [-0.39, 0.29) is 12.5 Å². The minimum atomic E-state index is -3.24. The van der Waals surface area contributed by atoms with Crippen LogP contribution in [0.5, 0.6) is 0 Å². The normalized spacial score (nSPS) is 13.0. The Morgan fingerprint density at radius 2 is 1.82 bits per heavy atom. The fraction of sp³-hybridized carbons (Fsp3) is 0.562. The standard InChI is InChI=1S/C16H24ClNO3S/c1-15(2,10-12-7-6-8-13(17)9-12)14(19)18-11-16(3,4)22(5,20)21/h6-9H,10-11H2,1-5H3,(H,18,19). The lowest BCUT2D eigenvalue weighted by Gasteiger charge is -2.28. The topological polar surface area (TPSA) is 63.2 Å². The van der Waals surface area contributed by atoms with Crippen molar-refractivity contribution >= 4 is 27.3 Å². The molecule has 1 amide bonds. The van der Waals surface area contributed by atoms with E-state index in [2.05, 4.69) is 5.32 Å². The van der Waals surface area contributed by atoms with Gasteiger partial charge >= 0.3 is 0 Å². The zero-order valence-electron chi connectivity index (χ0n) is 13.7. The smallest absolute Gasteiger partial charge is 0.226 e. The molecule has 6 heteroatoms. The molecule has 0 aliphatic heterocycles. The van der Waals surface area contributed by atoms with Crippen LogP contribution in [-0.4, -0.2) is 31.9 Å². The highest BCUT2D eigenvalue weighted by Crippen LogP contribution is 2.24. The number of halogens is 1. The molecule has 4 nitrogen and oxygen atoms in total. The van der Waals surface area contributed by atoms with Crippen LogP contribution in [0.4, 0.5) is 0 Å². The number of rotatable bonds is 6. The molecule has 0 heterocycles. The van der Waals surface area contributed by atoms with Crippen molar-refractivity contribution in [1.29, 1.82) is 0 Å². The number of sulfone groups is 1. The second kappa shape index (κ2) is 6.59. The van der Waals surface area contributed by atoms with Gasteiger partial charge in [0.15, 0.2) is 9.84 Å². The predicted octanol–water partition coefficient (Wildman–Crippen LogP) is 2.85. The Balaban J connectivity index is 2.75. The molecule has 0 aromatic heterocycles. The first-order valence-electron chi connectivity index (χ1n) is 7.07. The number of carbonyl (C=O) groups excluding carboxylic acids is 1. The fourth-order valence-electron chi connectivity index (χ4n) is 1.90. The Labute approximate surface area is 138 Å². The van der Waals surface area contributed by atoms with Crippen LogP contribution >= 0.6 is 11.6 Å². The van der Waals surface area contributed by atoms with Crippen molar-refractivity contribution in [3.8, 4) is 0 Å². The molecule has 0 saturated carbocycles. The Morgan fingerprint density at radius 3 is 2.32 bits per heavy atom. The zero-order valence-corrected chi connectivity index (χ0v) is 15.3. The van der Waals surface area contributed by atoms with Crippen molar-refractivity contribution in [2.45, 2.75) is 38.9 Å². The third kappa shape index (κ3) is 4.99. The molecule has 0 fully saturated rings. The van der Waals surface area contributed by atoms with Crippen molar-refractivity contribution in [1.82, 2.24) is 5.32 Å². The summed E-state index contributed by atoms with van der Waals surface area (Å²) in [6, 6.07) is 7.38. The molecule has 1 aromatic carbocycles. The summed E-state index contributed by atoms with van der Waals surface area (Å²) in [4.78, 5) is 12.4. The predicted molar refractivity (Wildman–Crippen MR) is 90.9 cm³/mol. The SMILES string of the molecule is CC(C)(Cc1cccc(Cl)c1)C(=O)NCC(C)(C)S(C)(=O)=O. The highest BCUT2D eigenvalue weighted by atomic mass is 35.5. The first kappa shape index (κ1) is 19.0. The van der Waals surface area contributed by atoms with E-state index in [9.17, 15) is 13.2 Å². The van der Waals surface area contributed by atoms with E-state index in [4.69, 9.17) is 11.6 Å². The third-order valence-electron chi connectivity index (χ3n) is 3.83. The summed E-state index contributed by atoms with van der Waals surface area (Å²) in [6.07, 6.45) is 1.70. The third-order valence-corrected chi connectivity index (χ3v) is 6.22. The molecule has 0 spiro atoms. The van der Waals surface area contributed by atoms with Gasteiger partial charge in [0.1, 0.15) is 0 Å². The monoisotopic (exact) mass is 345 g/mol. The van der Waals surface area contributed by atoms with Crippen LogP contribution in [-0.2, 0) is 21.1 Å². The van der Waals surface area contributed by atoms with Crippen LogP contribution in [0.15, 0.2) is 24.3 Å². The summed E-state index contributed by atoms with van der Waals surface area (Å²) in [5, 5.41) is 3.38. The molecule has 124 valence electrons. The molecule has 0 radical (unpaired) electrons. The lowest BCUT2D eigenvalue weighted by Crippen LogP contribution is -2.47. The first-order chi connectivity index (χ1) is 9.85. The minimum Gasteiger partial charge on any atom is -0.354 e. The summed E-state index contributed by atoms with van der Waals surface area (Å²) in [7, 11) is -3.24. The lowest BCUT2D eigenvalue weighted by atomic mass is 9.84. The van der Waals surface area contributed by atoms with Crippen molar-refractivity contribution in [2.24, 2.45) is 5.41 Å². The van der Waals surface area contributed by atoms with Gasteiger partial charge in [0.2, 0.25) is 5.91 Å². The highest BCUT2D eigenvalue weighted by molar-refractivity contribution is 7.92. The molecule has 1 N–H and O–H groups in total. The van der Waals surface area contributed by atoms with Gasteiger partial charge in [0.25, 0.3) is 0 Å². The van der Waals surface area contributed by atoms with Crippen molar-refractivity contribution in [3.63, 3.8) is 0 Å². The maximum absolute atomic E-state index is 12.4. The van der Waals surface area contributed by atoms with E-state index < -0.39 is 20.0 Å². The number of amides is 1. The van der Waals surface area contributed by atoms with Crippen LogP contribution < -0.4 is 5.32 Å². The van der Waals surface area contributed by atoms with E-state index in [1.54, 1.807) is 19.9 Å². The minimum absolute atomic E-state index is 0.0869. The zero-order chi connectivity index (χ0) is 17.2. The second-order valence-electron chi connectivity index (χ2n) is 6.91. The second-order valence-corrected chi connectivity index (χ2v) is 9.99. The van der Waals surface area contributed by atoms with Crippen molar-refractivity contribution in [3.05, 3.63) is 34.9 Å². The number of hydrogen-bond donors (Lipinski definition) is 1. The summed E-state index contributed by atoms with van der Waals surface area (Å²) in [5.41, 5.74) is 0.313. The first-order valence-corrected chi connectivity index (χ1v) is 9.34. The molecular weight excluding hydrogens is 322 g/mol. The van der Waals surface area contributed by atoms with Gasteiger partial charge in [-0.05, 0) is 38.0 Å². The quantitative estimate of drug-likeness (QED) is 0.862. The molecule has 0 aliphatic carbocycles. The Hall–Kier alpha value is -1.07. The van der Waals surface area contributed by atoms with Crippen LogP contribution in [0.2, 0.25) is 5.02 Å². The van der Waals surface area contributed by atoms with Gasteiger partial charge in [-0.3, -0.25) is 4.79 Å². The average molecular weight is 346 g/mol. The van der Waals surface area contributed by atoms with Gasteiger partial charge < -0.3 is 5.32 Å². The molecule has 0 bridgehead atoms. The number of nitrogens with one attached hydrogen (secondary N) is 1. The van der Waals surface area contributed by atoms with Gasteiger partial charge in [0, 0.05) is 23.2 Å². The summed E-state index contributed by atoms with van der Waals surface area (Å²) in [5.74, 6) is -0.177. The van der Waals surface area contributed by atoms with Gasteiger partial charge in [-0.15, -0.1) is 0 Å². The number of benzene rings is 1. The van der Waals surface area contributed by atoms with Crippen molar-refractivity contribution in [2.75, 3.05) is 12.8 Å². The van der Waals surface area contributed by atoms with Gasteiger partial charge in [0.05, 0.1) is 4.75 Å². The maximum atomic E-state index is 12.4. The largest absolute Gasteiger partial charge is 0.354 e. The molecule has 22 heavy (non-hydrogen) atoms. The molecule has 1 rings (SSSR count). The Kier molecular flexibility index (Phi) is 5.68. The average Bonchev–Trinajstić information content (AvgIpc) is 2.34. The van der Waals surface area contributed by atoms with E-state index in [0.717, 1.165) is 5.56 Å². The highest BCUT2D eigenvalue weighted by Gasteiger charge is 2.34. The lowest BCUT2D eigenvalue weighted by molar-refractivity contribution is -0.129. The van der Waals surface area contributed by atoms with E-state index in [1.807, 2.05) is 32.0 Å². The van der Waals surface area contributed by atoms with Crippen LogP contribution in [0.3, 0.4) is 0 Å². The maximum Gasteiger partial charge on any atom is 0.226 e. The molecular formula is C16H24ClNO3S. The summed E-state index contributed by atoms with van der Waals surface area (Å²) < 4.78 is 22.4. The van der Waals surface area contributed by atoms with Crippen LogP contribution in [0.1, 0.15) is 33.3 Å². The summed E-state index contributed by atoms with van der Waals surface area (Å²) in [6.45, 7) is 6.95. The molecule has 0 atom stereocenters. The van der Waals surface area contributed by atoms with Gasteiger partial charge in [-0.2, -0.15) is 0 Å². The molecule has 1 aromatic rings. The van der Waals surface area contributed by atoms with E-state index >= 15 is 0 Å². The van der Waals surface area contributed by atoms with Gasteiger partial charge in [-0.1, -0.05) is 37.6 Å². The Morgan fingerprint density at radius 1 is 1.23 bits per heavy atom. The van der Waals surface area contributed by atoms with E-state index in [1.165, 1.54) is 6.26 Å². The van der Waals surface area contributed by atoms with Gasteiger partial charge in [-0.25, -0.2) is 8.42 Å². The summed E-state index contributed by atoms with van der Waals surface area (Å²) >= 11 is 5.96.